The molecule has 0 spiro atoms. The first-order chi connectivity index (χ1) is 18.2. The fraction of sp³-hybridized carbons (Fsp3) is 0.407. The highest BCUT2D eigenvalue weighted by molar-refractivity contribution is 8.14. The molecule has 5 rings (SSSR count). The third-order valence-electron chi connectivity index (χ3n) is 6.55. The van der Waals surface area contributed by atoms with Crippen LogP contribution in [0.1, 0.15) is 44.7 Å². The number of carbonyl (C=O) groups excluding carboxylic acids is 1. The molecule has 3 heterocycles. The topological polar surface area (TPSA) is 90.5 Å². The van der Waals surface area contributed by atoms with Gasteiger partial charge in [-0.1, -0.05) is 49.4 Å². The Balaban J connectivity index is 1.14. The number of benzene rings is 2. The molecule has 0 aliphatic carbocycles. The number of hydrazine groups is 1. The number of hydrogen-bond donors (Lipinski definition) is 3. The molecule has 3 N–H and O–H groups in total. The van der Waals surface area contributed by atoms with Crippen LogP contribution in [0.3, 0.4) is 0 Å². The van der Waals surface area contributed by atoms with Crippen LogP contribution in [-0.4, -0.2) is 52.2 Å². The molecule has 3 aliphatic rings. The van der Waals surface area contributed by atoms with Crippen LogP contribution in [0.15, 0.2) is 66.0 Å². The summed E-state index contributed by atoms with van der Waals surface area (Å²) in [7, 11) is 0. The Bertz CT molecular complexity index is 1140. The first-order valence-corrected chi connectivity index (χ1v) is 13.9. The molecule has 196 valence electrons. The van der Waals surface area contributed by atoms with Crippen LogP contribution in [0.5, 0.6) is 11.5 Å². The molecule has 1 saturated heterocycles. The number of carbonyl (C=O) groups is 1. The van der Waals surface area contributed by atoms with E-state index in [9.17, 15) is 4.79 Å². The molecule has 1 fully saturated rings. The van der Waals surface area contributed by atoms with E-state index in [2.05, 4.69) is 62.4 Å². The predicted molar refractivity (Wildman–Crippen MR) is 147 cm³/mol. The third kappa shape index (κ3) is 5.80. The quantitative estimate of drug-likeness (QED) is 0.399. The molecule has 3 unspecified atom stereocenters. The van der Waals surface area contributed by atoms with Crippen LogP contribution in [0.4, 0.5) is 5.69 Å². The number of nitrogens with zero attached hydrogens (tertiary/aromatic N) is 3. The number of amidine groups is 1. The van der Waals surface area contributed by atoms with Crippen LogP contribution >= 0.6 is 11.8 Å². The number of amides is 1. The molecule has 9 nitrogen and oxygen atoms in total. The SMILES string of the molecule is CCCCOc1ccc(C2CC3C4NN=C(SCC(=O)Nc5ccccc5OCC)N4C=CN3N2)cc1. The highest BCUT2D eigenvalue weighted by Crippen LogP contribution is 2.35. The molecule has 0 aromatic heterocycles. The summed E-state index contributed by atoms with van der Waals surface area (Å²) in [5.41, 5.74) is 8.79. The van der Waals surface area contributed by atoms with E-state index in [-0.39, 0.29) is 29.9 Å². The summed E-state index contributed by atoms with van der Waals surface area (Å²) in [5, 5.41) is 10.4. The lowest BCUT2D eigenvalue weighted by Gasteiger charge is -2.36. The van der Waals surface area contributed by atoms with E-state index >= 15 is 0 Å². The fourth-order valence-electron chi connectivity index (χ4n) is 4.67. The van der Waals surface area contributed by atoms with Gasteiger partial charge in [-0.05, 0) is 49.6 Å². The van der Waals surface area contributed by atoms with Crippen LogP contribution in [0.25, 0.3) is 0 Å². The van der Waals surface area contributed by atoms with Gasteiger partial charge >= 0.3 is 0 Å². The van der Waals surface area contributed by atoms with Crippen molar-refractivity contribution in [1.82, 2.24) is 20.8 Å². The number of hydrazone groups is 1. The van der Waals surface area contributed by atoms with E-state index in [1.54, 1.807) is 0 Å². The number of ether oxygens (including phenoxy) is 2. The van der Waals surface area contributed by atoms with Crippen molar-refractivity contribution in [3.8, 4) is 11.5 Å². The first-order valence-electron chi connectivity index (χ1n) is 12.9. The monoisotopic (exact) mass is 522 g/mol. The zero-order valence-corrected chi connectivity index (χ0v) is 22.0. The Morgan fingerprint density at radius 3 is 2.78 bits per heavy atom. The highest BCUT2D eigenvalue weighted by Gasteiger charge is 2.44. The molecular weight excluding hydrogens is 488 g/mol. The van der Waals surface area contributed by atoms with Crippen molar-refractivity contribution in [1.29, 1.82) is 0 Å². The second-order valence-corrected chi connectivity index (χ2v) is 10.0. The van der Waals surface area contributed by atoms with Gasteiger partial charge < -0.3 is 24.7 Å². The summed E-state index contributed by atoms with van der Waals surface area (Å²) in [6.45, 7) is 5.38. The maximum atomic E-state index is 12.6. The molecule has 0 bridgehead atoms. The molecule has 37 heavy (non-hydrogen) atoms. The van der Waals surface area contributed by atoms with E-state index in [0.717, 1.165) is 36.8 Å². The average Bonchev–Trinajstić information content (AvgIpc) is 3.53. The van der Waals surface area contributed by atoms with Gasteiger partial charge in [-0.25, -0.2) is 5.43 Å². The molecule has 3 atom stereocenters. The minimum Gasteiger partial charge on any atom is -0.494 e. The van der Waals surface area contributed by atoms with Gasteiger partial charge in [0.2, 0.25) is 5.91 Å². The van der Waals surface area contributed by atoms with Gasteiger partial charge in [0.1, 0.15) is 17.7 Å². The standard InChI is InChI=1S/C27H34N6O3S/c1-3-5-16-36-20-12-10-19(11-13-20)22-17-23-26-29-30-27(32(26)14-15-33(23)31-22)37-18-25(34)28-21-8-6-7-9-24(21)35-4-2/h6-15,22-23,26,29,31H,3-5,16-18H2,1-2H3,(H,28,34). The summed E-state index contributed by atoms with van der Waals surface area (Å²) >= 11 is 1.41. The minimum absolute atomic E-state index is 0.00314. The van der Waals surface area contributed by atoms with E-state index in [0.29, 0.717) is 18.0 Å². The lowest BCUT2D eigenvalue weighted by molar-refractivity contribution is -0.113. The fourth-order valence-corrected chi connectivity index (χ4v) is 5.44. The summed E-state index contributed by atoms with van der Waals surface area (Å²) < 4.78 is 11.4. The number of anilines is 1. The molecule has 1 amide bonds. The number of rotatable bonds is 10. The zero-order chi connectivity index (χ0) is 25.6. The maximum absolute atomic E-state index is 12.6. The number of thioether (sulfide) groups is 1. The maximum Gasteiger partial charge on any atom is 0.234 e. The molecule has 2 aromatic carbocycles. The van der Waals surface area contributed by atoms with Crippen molar-refractivity contribution in [2.75, 3.05) is 24.3 Å². The Morgan fingerprint density at radius 1 is 1.14 bits per heavy atom. The van der Waals surface area contributed by atoms with Crippen molar-refractivity contribution < 1.29 is 14.3 Å². The molecule has 10 heteroatoms. The summed E-state index contributed by atoms with van der Waals surface area (Å²) in [6, 6.07) is 16.2. The van der Waals surface area contributed by atoms with Crippen LogP contribution in [0, 0.1) is 0 Å². The van der Waals surface area contributed by atoms with Gasteiger partial charge in [0.05, 0.1) is 36.7 Å². The van der Waals surface area contributed by atoms with Crippen molar-refractivity contribution in [2.24, 2.45) is 5.10 Å². The normalized spacial score (nSPS) is 21.7. The van der Waals surface area contributed by atoms with Gasteiger partial charge in [-0.15, -0.1) is 0 Å². The lowest BCUT2D eigenvalue weighted by Crippen LogP contribution is -2.54. The van der Waals surface area contributed by atoms with Gasteiger partial charge in [-0.2, -0.15) is 5.10 Å². The second-order valence-electron chi connectivity index (χ2n) is 9.10. The molecule has 3 aliphatic heterocycles. The number of fused-ring (bicyclic) bond motifs is 3. The Hall–Kier alpha value is -3.37. The Labute approximate surface area is 222 Å². The second kappa shape index (κ2) is 11.8. The Morgan fingerprint density at radius 2 is 1.97 bits per heavy atom. The Kier molecular flexibility index (Phi) is 8.05. The van der Waals surface area contributed by atoms with Crippen LogP contribution in [-0.2, 0) is 4.79 Å². The first kappa shape index (κ1) is 25.3. The highest BCUT2D eigenvalue weighted by atomic mass is 32.2. The predicted octanol–water partition coefficient (Wildman–Crippen LogP) is 4.24. The molecule has 0 radical (unpaired) electrons. The third-order valence-corrected chi connectivity index (χ3v) is 7.51. The number of hydrogen-bond acceptors (Lipinski definition) is 9. The molecular formula is C27H34N6O3S. The number of para-hydroxylation sites is 2. The smallest absolute Gasteiger partial charge is 0.234 e. The van der Waals surface area contributed by atoms with Gasteiger partial charge in [0.15, 0.2) is 5.17 Å². The van der Waals surface area contributed by atoms with E-state index in [1.807, 2.05) is 43.6 Å². The molecule has 0 saturated carbocycles. The number of nitrogens with one attached hydrogen (secondary N) is 3. The van der Waals surface area contributed by atoms with Gasteiger partial charge in [-0.3, -0.25) is 10.2 Å². The molecule has 2 aromatic rings. The minimum atomic E-state index is -0.101. The van der Waals surface area contributed by atoms with Crippen LogP contribution < -0.4 is 25.6 Å². The van der Waals surface area contributed by atoms with Crippen molar-refractivity contribution in [3.05, 3.63) is 66.5 Å². The summed E-state index contributed by atoms with van der Waals surface area (Å²) in [4.78, 5) is 14.8. The van der Waals surface area contributed by atoms with Crippen molar-refractivity contribution >= 4 is 28.5 Å². The van der Waals surface area contributed by atoms with Crippen molar-refractivity contribution in [2.45, 2.75) is 51.4 Å². The van der Waals surface area contributed by atoms with E-state index < -0.39 is 0 Å². The summed E-state index contributed by atoms with van der Waals surface area (Å²) in [6.07, 6.45) is 7.18. The summed E-state index contributed by atoms with van der Waals surface area (Å²) in [5.74, 6) is 1.73. The van der Waals surface area contributed by atoms with Crippen molar-refractivity contribution in [3.63, 3.8) is 0 Å². The van der Waals surface area contributed by atoms with Gasteiger partial charge in [0.25, 0.3) is 0 Å². The average molecular weight is 523 g/mol. The van der Waals surface area contributed by atoms with E-state index in [4.69, 9.17) is 9.47 Å². The number of unbranched alkanes of at least 4 members (excludes halogenated alkanes) is 1. The largest absolute Gasteiger partial charge is 0.494 e. The van der Waals surface area contributed by atoms with Crippen LogP contribution in [0.2, 0.25) is 0 Å². The zero-order valence-electron chi connectivity index (χ0n) is 21.2. The van der Waals surface area contributed by atoms with Gasteiger partial charge in [0, 0.05) is 12.4 Å². The van der Waals surface area contributed by atoms with E-state index in [1.165, 1.54) is 17.3 Å². The lowest BCUT2D eigenvalue weighted by atomic mass is 10.00.